The van der Waals surface area contributed by atoms with E-state index in [4.69, 9.17) is 0 Å². The first-order chi connectivity index (χ1) is 7.58. The van der Waals surface area contributed by atoms with Gasteiger partial charge in [-0.2, -0.15) is 0 Å². The quantitative estimate of drug-likeness (QED) is 0.517. The summed E-state index contributed by atoms with van der Waals surface area (Å²) in [6.07, 6.45) is 12.5. The Labute approximate surface area is 132 Å². The standard InChI is InChI=1S/2C6H7.C2H7Si.2ClH.Hf/c2*1-6-4-2-3-5-6;1-3-2;;;/h2*4-5H,2H2,1H3;3H,1-2H3;2*1H;. The molecule has 0 radical (unpaired) electrons. The van der Waals surface area contributed by atoms with Gasteiger partial charge in [0.25, 0.3) is 0 Å². The minimum absolute atomic E-state index is 0. The molecule has 0 nitrogen and oxygen atoms in total. The van der Waals surface area contributed by atoms with Crippen LogP contribution >= 0.6 is 24.8 Å². The molecule has 0 spiro atoms. The summed E-state index contributed by atoms with van der Waals surface area (Å²) in [5.74, 6) is -0.437. The van der Waals surface area contributed by atoms with Gasteiger partial charge in [-0.1, -0.05) is 0 Å². The second-order valence-corrected chi connectivity index (χ2v) is 32.3. The maximum Gasteiger partial charge on any atom is -0.147 e. The average Bonchev–Trinajstić information content (AvgIpc) is 2.76. The fourth-order valence-electron chi connectivity index (χ4n) is 2.65. The largest absolute Gasteiger partial charge is 0.147 e. The Bertz CT molecular complexity index is 384. The first-order valence-corrected chi connectivity index (χ1v) is 18.9. The van der Waals surface area contributed by atoms with Crippen LogP contribution in [0.4, 0.5) is 0 Å². The second-order valence-electron chi connectivity index (χ2n) is 5.21. The Morgan fingerprint density at radius 3 is 1.50 bits per heavy atom. The summed E-state index contributed by atoms with van der Waals surface area (Å²) >= 11 is -1.55. The number of allylic oxidation sites excluding steroid dienone is 8. The van der Waals surface area contributed by atoms with Gasteiger partial charge in [0.15, 0.2) is 0 Å². The number of halogens is 2. The molecule has 2 rings (SSSR count). The van der Waals surface area contributed by atoms with E-state index >= 15 is 0 Å². The molecule has 0 N–H and O–H groups in total. The summed E-state index contributed by atoms with van der Waals surface area (Å²) in [5, 5.41) is 0. The van der Waals surface area contributed by atoms with Crippen molar-refractivity contribution >= 4 is 30.8 Å². The molecule has 0 saturated heterocycles. The molecule has 2 aliphatic rings. The Morgan fingerprint density at radius 2 is 1.28 bits per heavy atom. The van der Waals surface area contributed by atoms with Gasteiger partial charge in [-0.15, -0.1) is 24.8 Å². The molecule has 0 bridgehead atoms. The molecular formula is C14H23Cl2HfSi. The van der Waals surface area contributed by atoms with Crippen LogP contribution in [-0.2, 0) is 20.6 Å². The van der Waals surface area contributed by atoms with Crippen LogP contribution in [0.15, 0.2) is 42.1 Å². The van der Waals surface area contributed by atoms with Crippen molar-refractivity contribution in [2.75, 3.05) is 0 Å². The molecule has 0 aromatic rings. The van der Waals surface area contributed by atoms with E-state index in [-0.39, 0.29) is 24.8 Å². The van der Waals surface area contributed by atoms with Gasteiger partial charge >= 0.3 is 108 Å². The molecule has 0 fully saturated rings. The van der Waals surface area contributed by atoms with Crippen LogP contribution in [0.3, 0.4) is 0 Å². The molecule has 0 amide bonds. The maximum absolute atomic E-state index is 2.57. The predicted molar refractivity (Wildman–Crippen MR) is 86.3 cm³/mol. The molecule has 101 valence electrons. The first kappa shape index (κ1) is 18.6. The van der Waals surface area contributed by atoms with Crippen molar-refractivity contribution in [1.29, 1.82) is 0 Å². The molecule has 0 saturated carbocycles. The van der Waals surface area contributed by atoms with Crippen LogP contribution in [0.5, 0.6) is 0 Å². The smallest absolute Gasteiger partial charge is 0.147 e. The summed E-state index contributed by atoms with van der Waals surface area (Å²) in [7, 11) is 0. The summed E-state index contributed by atoms with van der Waals surface area (Å²) in [4.78, 5) is 0. The molecule has 0 unspecified atom stereocenters. The van der Waals surface area contributed by atoms with E-state index < -0.39 is 26.6 Å². The Kier molecular flexibility index (Phi) is 8.31. The van der Waals surface area contributed by atoms with E-state index in [9.17, 15) is 0 Å². The summed E-state index contributed by atoms with van der Waals surface area (Å²) < 4.78 is 3.78. The Balaban J connectivity index is 0.00000144. The molecule has 0 aliphatic heterocycles. The van der Waals surface area contributed by atoms with Gasteiger partial charge in [0, 0.05) is 0 Å². The summed E-state index contributed by atoms with van der Waals surface area (Å²) in [6, 6.07) is 0. The maximum atomic E-state index is 2.57. The van der Waals surface area contributed by atoms with Crippen LogP contribution in [0.25, 0.3) is 0 Å². The van der Waals surface area contributed by atoms with Gasteiger partial charge in [-0.05, 0) is 0 Å². The summed E-state index contributed by atoms with van der Waals surface area (Å²) in [5.41, 5.74) is 3.02. The van der Waals surface area contributed by atoms with Crippen LogP contribution in [0.1, 0.15) is 26.7 Å². The fourth-order valence-corrected chi connectivity index (χ4v) is 30.0. The van der Waals surface area contributed by atoms with Gasteiger partial charge in [-0.25, -0.2) is 0 Å². The monoisotopic (exact) mass is 469 g/mol. The molecule has 0 aromatic heterocycles. The molecule has 0 heterocycles. The zero-order valence-corrected chi connectivity index (χ0v) is 18.0. The van der Waals surface area contributed by atoms with Gasteiger partial charge < -0.3 is 0 Å². The van der Waals surface area contributed by atoms with E-state index in [1.807, 2.05) is 6.66 Å². The number of rotatable bonds is 3. The van der Waals surface area contributed by atoms with Crippen molar-refractivity contribution in [3.8, 4) is 0 Å². The van der Waals surface area contributed by atoms with Gasteiger partial charge in [0.05, 0.1) is 0 Å². The van der Waals surface area contributed by atoms with E-state index in [2.05, 4.69) is 51.2 Å². The molecular weight excluding hydrogens is 446 g/mol. The van der Waals surface area contributed by atoms with Gasteiger partial charge in [0.1, 0.15) is 0 Å². The average molecular weight is 469 g/mol. The SMILES string of the molecule is CC1=CC[C]([Hf]([C]2=CC(C)=CC2)[SiH](C)C)=C1.Cl.Cl. The Hall–Kier alpha value is 0.627. The van der Waals surface area contributed by atoms with Crippen LogP contribution in [-0.4, -0.2) is 5.98 Å². The van der Waals surface area contributed by atoms with Gasteiger partial charge in [-0.3, -0.25) is 0 Å². The van der Waals surface area contributed by atoms with Crippen molar-refractivity contribution in [3.05, 3.63) is 42.1 Å². The Morgan fingerprint density at radius 1 is 0.889 bits per heavy atom. The van der Waals surface area contributed by atoms with Gasteiger partial charge in [0.2, 0.25) is 0 Å². The van der Waals surface area contributed by atoms with E-state index in [1.54, 1.807) is 0 Å². The van der Waals surface area contributed by atoms with E-state index in [1.165, 1.54) is 24.0 Å². The number of hydrogen-bond donors (Lipinski definition) is 0. The van der Waals surface area contributed by atoms with Crippen LogP contribution in [0, 0.1) is 0 Å². The minimum atomic E-state index is -1.55. The zero-order valence-electron chi connectivity index (χ0n) is 11.6. The first-order valence-electron chi connectivity index (χ1n) is 6.20. The third-order valence-corrected chi connectivity index (χ3v) is 30.5. The third kappa shape index (κ3) is 4.33. The predicted octanol–water partition coefficient (Wildman–Crippen LogP) is 4.90. The van der Waals surface area contributed by atoms with Crippen LogP contribution < -0.4 is 0 Å². The molecule has 2 aliphatic carbocycles. The van der Waals surface area contributed by atoms with Crippen LogP contribution in [0.2, 0.25) is 13.1 Å². The van der Waals surface area contributed by atoms with E-state index in [0.717, 1.165) is 0 Å². The van der Waals surface area contributed by atoms with Crippen molar-refractivity contribution < 1.29 is 20.6 Å². The zero-order chi connectivity index (χ0) is 11.7. The molecule has 0 atom stereocenters. The van der Waals surface area contributed by atoms with Crippen molar-refractivity contribution in [2.45, 2.75) is 39.8 Å². The fraction of sp³-hybridized carbons (Fsp3) is 0.429. The topological polar surface area (TPSA) is 0 Å². The third-order valence-electron chi connectivity index (χ3n) is 3.36. The molecule has 4 heteroatoms. The molecule has 18 heavy (non-hydrogen) atoms. The normalized spacial score (nSPS) is 17.4. The van der Waals surface area contributed by atoms with Crippen molar-refractivity contribution in [3.63, 3.8) is 0 Å². The second kappa shape index (κ2) is 8.03. The van der Waals surface area contributed by atoms with E-state index in [0.29, 0.717) is 0 Å². The van der Waals surface area contributed by atoms with Crippen molar-refractivity contribution in [2.24, 2.45) is 0 Å². The minimum Gasteiger partial charge on any atom is -0.147 e. The number of hydrogen-bond acceptors (Lipinski definition) is 0. The molecule has 0 aromatic carbocycles. The van der Waals surface area contributed by atoms with Crippen molar-refractivity contribution in [1.82, 2.24) is 0 Å². The summed E-state index contributed by atoms with van der Waals surface area (Å²) in [6.45, 7) is 9.66.